The average molecular weight is 289 g/mol. The molecular weight excluding hydrogens is 278 g/mol. The number of hydrogen-bond acceptors (Lipinski definition) is 4. The molecule has 4 nitrogen and oxygen atoms in total. The maximum atomic E-state index is 12.6. The van der Waals surface area contributed by atoms with E-state index in [1.165, 1.54) is 17.2 Å². The fraction of sp³-hybridized carbons (Fsp3) is 0.333. The minimum absolute atomic E-state index is 0.0182. The van der Waals surface area contributed by atoms with Gasteiger partial charge in [0.2, 0.25) is 0 Å². The molecule has 102 valence electrons. The molecule has 0 saturated carbocycles. The monoisotopic (exact) mass is 288 g/mol. The van der Waals surface area contributed by atoms with Crippen LogP contribution < -0.4 is 0 Å². The lowest BCUT2D eigenvalue weighted by molar-refractivity contribution is -0.135. The zero-order valence-corrected chi connectivity index (χ0v) is 10.6. The summed E-state index contributed by atoms with van der Waals surface area (Å²) in [6.07, 6.45) is 0.225. The molecule has 0 saturated heterocycles. The molecule has 1 aliphatic rings. The number of hydrogen-bond donors (Lipinski definition) is 0. The predicted octanol–water partition coefficient (Wildman–Crippen LogP) is 2.24. The summed E-state index contributed by atoms with van der Waals surface area (Å²) in [4.78, 5) is 16.2. The fourth-order valence-electron chi connectivity index (χ4n) is 1.76. The van der Waals surface area contributed by atoms with Crippen LogP contribution in [0.3, 0.4) is 0 Å². The first-order valence-corrected chi connectivity index (χ1v) is 5.93. The van der Waals surface area contributed by atoms with Crippen molar-refractivity contribution >= 4 is 17.6 Å². The van der Waals surface area contributed by atoms with Crippen LogP contribution in [-0.2, 0) is 16.1 Å². The van der Waals surface area contributed by atoms with Gasteiger partial charge >= 0.3 is 5.97 Å². The molecule has 2 heterocycles. The molecule has 19 heavy (non-hydrogen) atoms. The van der Waals surface area contributed by atoms with Gasteiger partial charge in [-0.3, -0.25) is 0 Å². The van der Waals surface area contributed by atoms with Gasteiger partial charge in [-0.05, 0) is 17.7 Å². The molecule has 0 atom stereocenters. The number of cyclic esters (lactones) is 1. The van der Waals surface area contributed by atoms with Crippen LogP contribution >= 0.6 is 11.6 Å². The highest BCUT2D eigenvalue weighted by molar-refractivity contribution is 6.29. The highest BCUT2D eigenvalue weighted by atomic mass is 35.5. The third-order valence-electron chi connectivity index (χ3n) is 2.58. The van der Waals surface area contributed by atoms with Crippen molar-refractivity contribution in [2.75, 3.05) is 13.2 Å². The molecule has 0 aliphatic carbocycles. The quantitative estimate of drug-likeness (QED) is 0.616. The molecule has 0 spiro atoms. The number of alkyl halides is 2. The molecule has 7 heteroatoms. The highest BCUT2D eigenvalue weighted by Gasteiger charge is 2.22. The maximum Gasteiger partial charge on any atom is 0.333 e. The molecule has 2 rings (SSSR count). The molecule has 1 aliphatic heterocycles. The Morgan fingerprint density at radius 2 is 2.32 bits per heavy atom. The highest BCUT2D eigenvalue weighted by Crippen LogP contribution is 2.18. The normalized spacial score (nSPS) is 14.5. The second-order valence-electron chi connectivity index (χ2n) is 4.00. The van der Waals surface area contributed by atoms with Gasteiger partial charge in [0, 0.05) is 18.8 Å². The van der Waals surface area contributed by atoms with Crippen LogP contribution in [0.2, 0.25) is 5.15 Å². The maximum absolute atomic E-state index is 12.6. The summed E-state index contributed by atoms with van der Waals surface area (Å²) in [6.45, 7) is -0.234. The van der Waals surface area contributed by atoms with Crippen molar-refractivity contribution in [3.63, 3.8) is 0 Å². The molecule has 1 aromatic rings. The molecule has 0 N–H and O–H groups in total. The number of halogens is 3. The fourth-order valence-corrected chi connectivity index (χ4v) is 1.95. The molecule has 0 bridgehead atoms. The van der Waals surface area contributed by atoms with Crippen molar-refractivity contribution in [3.8, 4) is 0 Å². The van der Waals surface area contributed by atoms with Crippen LogP contribution in [-0.4, -0.2) is 35.4 Å². The van der Waals surface area contributed by atoms with E-state index < -0.39 is 18.9 Å². The summed E-state index contributed by atoms with van der Waals surface area (Å²) in [7, 11) is 0. The zero-order chi connectivity index (χ0) is 13.8. The Morgan fingerprint density at radius 1 is 1.53 bits per heavy atom. The van der Waals surface area contributed by atoms with Crippen LogP contribution in [0.5, 0.6) is 0 Å². The Hall–Kier alpha value is -1.69. The van der Waals surface area contributed by atoms with E-state index in [1.54, 1.807) is 12.1 Å². The van der Waals surface area contributed by atoms with E-state index in [1.807, 2.05) is 0 Å². The van der Waals surface area contributed by atoms with Crippen LogP contribution in [0.15, 0.2) is 30.1 Å². The van der Waals surface area contributed by atoms with Gasteiger partial charge in [0.05, 0.1) is 12.2 Å². The summed E-state index contributed by atoms with van der Waals surface area (Å²) in [5, 5.41) is 0.294. The van der Waals surface area contributed by atoms with Gasteiger partial charge in [0.15, 0.2) is 0 Å². The van der Waals surface area contributed by atoms with E-state index in [0.717, 1.165) is 5.56 Å². The lowest BCUT2D eigenvalue weighted by Crippen LogP contribution is -2.28. The number of aromatic nitrogens is 1. The summed E-state index contributed by atoms with van der Waals surface area (Å²) < 4.78 is 29.9. The second kappa shape index (κ2) is 5.97. The predicted molar refractivity (Wildman–Crippen MR) is 64.7 cm³/mol. The van der Waals surface area contributed by atoms with Crippen LogP contribution in [0.1, 0.15) is 5.56 Å². The summed E-state index contributed by atoms with van der Waals surface area (Å²) in [5.74, 6) is -0.512. The number of rotatable bonds is 5. The van der Waals surface area contributed by atoms with Gasteiger partial charge in [-0.1, -0.05) is 11.6 Å². The second-order valence-corrected chi connectivity index (χ2v) is 4.39. The van der Waals surface area contributed by atoms with E-state index in [2.05, 4.69) is 4.98 Å². The van der Waals surface area contributed by atoms with Gasteiger partial charge in [-0.15, -0.1) is 0 Å². The Balaban J connectivity index is 2.14. The zero-order valence-electron chi connectivity index (χ0n) is 9.85. The van der Waals surface area contributed by atoms with E-state index in [-0.39, 0.29) is 13.2 Å². The number of ether oxygens (including phenoxy) is 1. The number of esters is 1. The first-order valence-electron chi connectivity index (χ1n) is 5.55. The largest absolute Gasteiger partial charge is 0.456 e. The van der Waals surface area contributed by atoms with Gasteiger partial charge < -0.3 is 9.64 Å². The minimum atomic E-state index is -2.51. The van der Waals surface area contributed by atoms with E-state index >= 15 is 0 Å². The third kappa shape index (κ3) is 3.89. The molecule has 0 fully saturated rings. The van der Waals surface area contributed by atoms with Crippen molar-refractivity contribution in [3.05, 3.63) is 40.8 Å². The first kappa shape index (κ1) is 13.7. The van der Waals surface area contributed by atoms with Crippen molar-refractivity contribution in [2.45, 2.75) is 13.0 Å². The van der Waals surface area contributed by atoms with Crippen molar-refractivity contribution < 1.29 is 18.3 Å². The van der Waals surface area contributed by atoms with Crippen molar-refractivity contribution in [1.29, 1.82) is 0 Å². The standard InChI is InChI=1S/C12H11ClF2N2O2/c13-10-3-8(1-2-16-10)5-17(6-11(14)15)9-4-12(18)19-7-9/h1-4,11H,5-7H2. The van der Waals surface area contributed by atoms with E-state index in [0.29, 0.717) is 10.9 Å². The molecule has 1 aromatic heterocycles. The van der Waals surface area contributed by atoms with Gasteiger partial charge in [-0.25, -0.2) is 18.6 Å². The third-order valence-corrected chi connectivity index (χ3v) is 2.78. The SMILES string of the molecule is O=C1C=C(N(Cc2ccnc(Cl)c2)CC(F)F)CO1. The average Bonchev–Trinajstić information content (AvgIpc) is 2.74. The van der Waals surface area contributed by atoms with Crippen LogP contribution in [0, 0.1) is 0 Å². The lowest BCUT2D eigenvalue weighted by atomic mass is 10.2. The van der Waals surface area contributed by atoms with Crippen molar-refractivity contribution in [2.24, 2.45) is 0 Å². The minimum Gasteiger partial charge on any atom is -0.456 e. The van der Waals surface area contributed by atoms with Gasteiger partial charge in [0.1, 0.15) is 11.8 Å². The summed E-state index contributed by atoms with van der Waals surface area (Å²) in [6, 6.07) is 3.28. The Labute approximate surface area is 113 Å². The number of nitrogens with zero attached hydrogens (tertiary/aromatic N) is 2. The molecule has 0 aromatic carbocycles. The first-order chi connectivity index (χ1) is 9.04. The topological polar surface area (TPSA) is 42.4 Å². The van der Waals surface area contributed by atoms with E-state index in [9.17, 15) is 13.6 Å². The number of carbonyl (C=O) groups excluding carboxylic acids is 1. The van der Waals surface area contributed by atoms with Crippen molar-refractivity contribution in [1.82, 2.24) is 9.88 Å². The molecular formula is C12H11ClF2N2O2. The molecule has 0 radical (unpaired) electrons. The molecule has 0 unspecified atom stereocenters. The Kier molecular flexibility index (Phi) is 4.31. The van der Waals surface area contributed by atoms with E-state index in [4.69, 9.17) is 16.3 Å². The van der Waals surface area contributed by atoms with Gasteiger partial charge in [0.25, 0.3) is 6.43 Å². The smallest absolute Gasteiger partial charge is 0.333 e. The Morgan fingerprint density at radius 3 is 2.89 bits per heavy atom. The number of pyridine rings is 1. The van der Waals surface area contributed by atoms with Crippen LogP contribution in [0.25, 0.3) is 0 Å². The Bertz CT molecular complexity index is 508. The van der Waals surface area contributed by atoms with Crippen LogP contribution in [0.4, 0.5) is 8.78 Å². The molecule has 0 amide bonds. The summed E-state index contributed by atoms with van der Waals surface area (Å²) in [5.41, 5.74) is 1.18. The lowest BCUT2D eigenvalue weighted by Gasteiger charge is -2.24. The van der Waals surface area contributed by atoms with Gasteiger partial charge in [-0.2, -0.15) is 0 Å². The number of carbonyl (C=O) groups is 1. The summed E-state index contributed by atoms with van der Waals surface area (Å²) >= 11 is 5.75.